The van der Waals surface area contributed by atoms with Crippen LogP contribution in [0.15, 0.2) is 59.0 Å². The summed E-state index contributed by atoms with van der Waals surface area (Å²) >= 11 is 0. The number of allylic oxidation sites excluding steroid dienone is 4. The molecule has 0 N–H and O–H groups in total. The van der Waals surface area contributed by atoms with Gasteiger partial charge in [0.25, 0.3) is 0 Å². The highest BCUT2D eigenvalue weighted by Gasteiger charge is 2.21. The zero-order valence-corrected chi connectivity index (χ0v) is 17.8. The molecule has 0 atom stereocenters. The quantitative estimate of drug-likeness (QED) is 0.739. The Balaban J connectivity index is 1.29. The third-order valence-electron chi connectivity index (χ3n) is 6.48. The first-order valence-corrected chi connectivity index (χ1v) is 11.4. The van der Waals surface area contributed by atoms with Crippen LogP contribution in [0.3, 0.4) is 0 Å². The van der Waals surface area contributed by atoms with Gasteiger partial charge in [0.1, 0.15) is 0 Å². The zero-order valence-electron chi connectivity index (χ0n) is 17.8. The summed E-state index contributed by atoms with van der Waals surface area (Å²) < 4.78 is 11.0. The summed E-state index contributed by atoms with van der Waals surface area (Å²) in [5, 5.41) is 0. The van der Waals surface area contributed by atoms with Crippen LogP contribution in [0.1, 0.15) is 36.8 Å². The number of rotatable bonds is 4. The van der Waals surface area contributed by atoms with E-state index in [2.05, 4.69) is 58.4 Å². The molecule has 0 saturated carbocycles. The Labute approximate surface area is 180 Å². The fourth-order valence-corrected chi connectivity index (χ4v) is 4.90. The molecule has 0 bridgehead atoms. The van der Waals surface area contributed by atoms with Gasteiger partial charge in [-0.15, -0.1) is 0 Å². The molecule has 2 saturated heterocycles. The number of hydrogen-bond donors (Lipinski definition) is 0. The van der Waals surface area contributed by atoms with E-state index in [-0.39, 0.29) is 0 Å². The lowest BCUT2D eigenvalue weighted by Gasteiger charge is -2.30. The molecular weight excluding hydrogens is 372 g/mol. The van der Waals surface area contributed by atoms with Gasteiger partial charge in [-0.1, -0.05) is 36.4 Å². The van der Waals surface area contributed by atoms with Crippen LogP contribution < -0.4 is 0 Å². The predicted molar refractivity (Wildman–Crippen MR) is 122 cm³/mol. The topological polar surface area (TPSA) is 24.9 Å². The molecule has 1 aromatic rings. The lowest BCUT2D eigenvalue weighted by molar-refractivity contribution is 0.0549. The molecule has 158 valence electrons. The maximum Gasteiger partial charge on any atom is 0.0642 e. The first-order valence-electron chi connectivity index (χ1n) is 11.4. The second-order valence-electron chi connectivity index (χ2n) is 8.46. The van der Waals surface area contributed by atoms with E-state index in [0.29, 0.717) is 0 Å². The van der Waals surface area contributed by atoms with Gasteiger partial charge >= 0.3 is 0 Å². The molecule has 2 fully saturated rings. The van der Waals surface area contributed by atoms with Gasteiger partial charge < -0.3 is 19.3 Å². The Morgan fingerprint density at radius 2 is 1.00 bits per heavy atom. The molecule has 0 spiro atoms. The first kappa shape index (κ1) is 19.7. The van der Waals surface area contributed by atoms with E-state index < -0.39 is 0 Å². The van der Waals surface area contributed by atoms with Gasteiger partial charge in [0.2, 0.25) is 0 Å². The minimum absolute atomic E-state index is 0.842. The Morgan fingerprint density at radius 3 is 1.40 bits per heavy atom. The molecule has 2 aliphatic heterocycles. The SMILES string of the molecule is C1=C(N2CCOCC2)/C(=C\c2ccc(/C=C3/CCC=C3N3CCOCC3)cc2)CC1. The van der Waals surface area contributed by atoms with Gasteiger partial charge in [0.15, 0.2) is 0 Å². The summed E-state index contributed by atoms with van der Waals surface area (Å²) in [6, 6.07) is 9.06. The van der Waals surface area contributed by atoms with Crippen molar-refractivity contribution >= 4 is 12.2 Å². The highest BCUT2D eigenvalue weighted by Crippen LogP contribution is 2.32. The van der Waals surface area contributed by atoms with Gasteiger partial charge in [-0.05, 0) is 60.1 Å². The second kappa shape index (κ2) is 9.23. The van der Waals surface area contributed by atoms with Crippen LogP contribution in [-0.2, 0) is 9.47 Å². The van der Waals surface area contributed by atoms with Crippen LogP contribution >= 0.6 is 0 Å². The molecule has 4 heteroatoms. The smallest absolute Gasteiger partial charge is 0.0642 e. The molecule has 4 nitrogen and oxygen atoms in total. The Hall–Kier alpha value is -2.30. The molecule has 30 heavy (non-hydrogen) atoms. The number of ether oxygens (including phenoxy) is 2. The lowest BCUT2D eigenvalue weighted by atomic mass is 10.0. The molecule has 4 aliphatic rings. The van der Waals surface area contributed by atoms with Crippen LogP contribution in [0, 0.1) is 0 Å². The highest BCUT2D eigenvalue weighted by molar-refractivity contribution is 5.64. The second-order valence-corrected chi connectivity index (χ2v) is 8.46. The predicted octanol–water partition coefficient (Wildman–Crippen LogP) is 4.47. The van der Waals surface area contributed by atoms with Crippen molar-refractivity contribution in [3.05, 3.63) is 70.1 Å². The standard InChI is InChI=1S/C26H32N2O2/c1-3-23(25(5-1)27-11-15-29-16-12-27)19-21-7-9-22(10-8-21)20-24-4-2-6-26(24)28-13-17-30-18-14-28/h5-10,19-20H,1-4,11-18H2/b23-19-,24-20-. The number of nitrogens with zero attached hydrogens (tertiary/aromatic N) is 2. The van der Waals surface area contributed by atoms with Crippen LogP contribution in [0.2, 0.25) is 0 Å². The average molecular weight is 405 g/mol. The van der Waals surface area contributed by atoms with E-state index >= 15 is 0 Å². The van der Waals surface area contributed by atoms with Crippen molar-refractivity contribution in [1.29, 1.82) is 0 Å². The summed E-state index contributed by atoms with van der Waals surface area (Å²) in [7, 11) is 0. The normalized spacial score (nSPS) is 25.2. The third-order valence-corrected chi connectivity index (χ3v) is 6.48. The van der Waals surface area contributed by atoms with Crippen LogP contribution in [0.5, 0.6) is 0 Å². The van der Waals surface area contributed by atoms with Crippen molar-refractivity contribution in [1.82, 2.24) is 9.80 Å². The summed E-state index contributed by atoms with van der Waals surface area (Å²) in [6.07, 6.45) is 14.1. The molecule has 0 aromatic heterocycles. The average Bonchev–Trinajstić information content (AvgIpc) is 3.46. The van der Waals surface area contributed by atoms with Gasteiger partial charge in [-0.2, -0.15) is 0 Å². The van der Waals surface area contributed by atoms with E-state index in [1.165, 1.54) is 33.7 Å². The monoisotopic (exact) mass is 404 g/mol. The van der Waals surface area contributed by atoms with E-state index in [4.69, 9.17) is 9.47 Å². The summed E-state index contributed by atoms with van der Waals surface area (Å²) in [5.74, 6) is 0. The van der Waals surface area contributed by atoms with Crippen LogP contribution in [-0.4, -0.2) is 62.4 Å². The van der Waals surface area contributed by atoms with E-state index in [0.717, 1.165) is 78.3 Å². The maximum absolute atomic E-state index is 5.52. The first-order chi connectivity index (χ1) is 14.9. The Bertz CT molecular complexity index is 794. The van der Waals surface area contributed by atoms with Crippen molar-refractivity contribution in [2.45, 2.75) is 25.7 Å². The minimum Gasteiger partial charge on any atom is -0.378 e. The highest BCUT2D eigenvalue weighted by atomic mass is 16.5. The van der Waals surface area contributed by atoms with Crippen molar-refractivity contribution in [2.24, 2.45) is 0 Å². The van der Waals surface area contributed by atoms with Crippen molar-refractivity contribution in [2.75, 3.05) is 52.6 Å². The molecule has 0 amide bonds. The van der Waals surface area contributed by atoms with Crippen molar-refractivity contribution in [3.8, 4) is 0 Å². The molecule has 2 heterocycles. The fourth-order valence-electron chi connectivity index (χ4n) is 4.90. The molecule has 2 aliphatic carbocycles. The summed E-state index contributed by atoms with van der Waals surface area (Å²) in [4.78, 5) is 4.97. The lowest BCUT2D eigenvalue weighted by Crippen LogP contribution is -2.35. The summed E-state index contributed by atoms with van der Waals surface area (Å²) in [5.41, 5.74) is 8.38. The third kappa shape index (κ3) is 4.40. The van der Waals surface area contributed by atoms with Gasteiger partial charge in [-0.3, -0.25) is 0 Å². The summed E-state index contributed by atoms with van der Waals surface area (Å²) in [6.45, 7) is 7.40. The van der Waals surface area contributed by atoms with Crippen molar-refractivity contribution in [3.63, 3.8) is 0 Å². The van der Waals surface area contributed by atoms with E-state index in [9.17, 15) is 0 Å². The molecule has 5 rings (SSSR count). The van der Waals surface area contributed by atoms with Crippen LogP contribution in [0.4, 0.5) is 0 Å². The van der Waals surface area contributed by atoms with Crippen molar-refractivity contribution < 1.29 is 9.47 Å². The molecule has 1 aromatic carbocycles. The maximum atomic E-state index is 5.52. The number of benzene rings is 1. The number of hydrogen-bond acceptors (Lipinski definition) is 4. The van der Waals surface area contributed by atoms with Crippen LogP contribution in [0.25, 0.3) is 12.2 Å². The van der Waals surface area contributed by atoms with Gasteiger partial charge in [0, 0.05) is 37.6 Å². The van der Waals surface area contributed by atoms with Gasteiger partial charge in [-0.25, -0.2) is 0 Å². The Morgan fingerprint density at radius 1 is 0.600 bits per heavy atom. The van der Waals surface area contributed by atoms with E-state index in [1.54, 1.807) is 0 Å². The van der Waals surface area contributed by atoms with E-state index in [1.807, 2.05) is 0 Å². The Kier molecular flexibility index (Phi) is 6.05. The molecule has 0 radical (unpaired) electrons. The van der Waals surface area contributed by atoms with Gasteiger partial charge in [0.05, 0.1) is 26.4 Å². The minimum atomic E-state index is 0.842. The number of morpholine rings is 2. The molecule has 0 unspecified atom stereocenters. The molecular formula is C26H32N2O2. The largest absolute Gasteiger partial charge is 0.378 e. The fraction of sp³-hybridized carbons (Fsp3) is 0.462. The zero-order chi connectivity index (χ0) is 20.2.